The lowest BCUT2D eigenvalue weighted by Gasteiger charge is -2.15. The molecular weight excluding hydrogens is 677 g/mol. The molecule has 296 valence electrons. The molecule has 0 radical (unpaired) electrons. The van der Waals surface area contributed by atoms with E-state index in [4.69, 9.17) is 13.8 Å². The second-order valence-electron chi connectivity index (χ2n) is 12.5. The number of esters is 1. The van der Waals surface area contributed by atoms with Gasteiger partial charge in [-0.05, 0) is 51.4 Å². The molecule has 0 fully saturated rings. The fourth-order valence-electron chi connectivity index (χ4n) is 4.69. The van der Waals surface area contributed by atoms with E-state index in [9.17, 15) is 24.2 Å². The molecule has 0 bridgehead atoms. The molecule has 0 spiro atoms. The summed E-state index contributed by atoms with van der Waals surface area (Å²) in [5.74, 6) is -0.660. The molecule has 0 rings (SSSR count). The molecule has 0 aliphatic rings. The first-order valence-electron chi connectivity index (χ1n) is 19.6. The van der Waals surface area contributed by atoms with Crippen LogP contribution in [0.1, 0.15) is 136 Å². The zero-order valence-corrected chi connectivity index (χ0v) is 33.1. The predicted octanol–water partition coefficient (Wildman–Crippen LogP) is 10.5. The highest BCUT2D eigenvalue weighted by Gasteiger charge is 2.23. The van der Waals surface area contributed by atoms with Crippen LogP contribution in [-0.2, 0) is 27.9 Å². The Morgan fingerprint density at radius 3 is 1.54 bits per heavy atom. The Bertz CT molecular complexity index is 1130. The molecule has 0 aromatic heterocycles. The number of phosphoric ester groups is 1. The van der Waals surface area contributed by atoms with E-state index in [0.717, 1.165) is 64.2 Å². The van der Waals surface area contributed by atoms with Crippen molar-refractivity contribution in [2.24, 2.45) is 0 Å². The summed E-state index contributed by atoms with van der Waals surface area (Å²) in [5.41, 5.74) is 0. The van der Waals surface area contributed by atoms with Crippen molar-refractivity contribution in [3.05, 3.63) is 85.1 Å². The van der Waals surface area contributed by atoms with Crippen LogP contribution in [0.4, 0.5) is 0 Å². The largest absolute Gasteiger partial charge is 0.472 e. The molecule has 1 amide bonds. The Hall–Kier alpha value is -2.81. The van der Waals surface area contributed by atoms with Crippen molar-refractivity contribution in [2.75, 3.05) is 26.4 Å². The fraction of sp³-hybridized carbons (Fsp3) is 0.619. The van der Waals surface area contributed by atoms with Crippen molar-refractivity contribution in [3.63, 3.8) is 0 Å². The van der Waals surface area contributed by atoms with Gasteiger partial charge in [0.25, 0.3) is 0 Å². The minimum Gasteiger partial charge on any atom is -0.463 e. The van der Waals surface area contributed by atoms with Crippen LogP contribution < -0.4 is 5.32 Å². The van der Waals surface area contributed by atoms with Crippen LogP contribution >= 0.6 is 7.82 Å². The molecule has 0 aliphatic heterocycles. The lowest BCUT2D eigenvalue weighted by molar-refractivity contribution is -0.147. The van der Waals surface area contributed by atoms with Crippen molar-refractivity contribution in [2.45, 2.75) is 142 Å². The van der Waals surface area contributed by atoms with Crippen molar-refractivity contribution < 1.29 is 37.9 Å². The third-order valence-corrected chi connectivity index (χ3v) is 8.60. The fourth-order valence-corrected chi connectivity index (χ4v) is 5.45. The van der Waals surface area contributed by atoms with Gasteiger partial charge in [0.05, 0.1) is 13.2 Å². The van der Waals surface area contributed by atoms with E-state index in [0.29, 0.717) is 0 Å². The zero-order valence-electron chi connectivity index (χ0n) is 32.2. The monoisotopic (exact) mass is 747 g/mol. The molecular formula is C42H70NO8P. The molecule has 0 heterocycles. The first kappa shape index (κ1) is 49.2. The number of allylic oxidation sites excluding steroid dienone is 13. The average molecular weight is 748 g/mol. The molecule has 0 aliphatic carbocycles. The SMILES string of the molecule is CC/C=C\C/C=C\C/C=C\C/C=C\C/C=C\C/C=C\C/C=C\CC(=O)NCCOP(=O)(O)OCC(O)COC(=O)CCCCCCCCCCCC. The second kappa shape index (κ2) is 37.9. The summed E-state index contributed by atoms with van der Waals surface area (Å²) < 4.78 is 26.7. The Kier molecular flexibility index (Phi) is 35.9. The normalized spacial score (nSPS) is 14.3. The third-order valence-electron chi connectivity index (χ3n) is 7.62. The van der Waals surface area contributed by atoms with E-state index in [2.05, 4.69) is 86.0 Å². The van der Waals surface area contributed by atoms with E-state index in [1.54, 1.807) is 6.08 Å². The third kappa shape index (κ3) is 38.4. The van der Waals surface area contributed by atoms with E-state index >= 15 is 0 Å². The predicted molar refractivity (Wildman–Crippen MR) is 215 cm³/mol. The van der Waals surface area contributed by atoms with Gasteiger partial charge < -0.3 is 20.1 Å². The maximum Gasteiger partial charge on any atom is 0.472 e. The highest BCUT2D eigenvalue weighted by atomic mass is 31.2. The first-order valence-corrected chi connectivity index (χ1v) is 21.1. The van der Waals surface area contributed by atoms with Crippen LogP contribution in [0.5, 0.6) is 0 Å². The molecule has 2 unspecified atom stereocenters. The summed E-state index contributed by atoms with van der Waals surface area (Å²) in [7, 11) is -4.44. The quantitative estimate of drug-likeness (QED) is 0.0253. The summed E-state index contributed by atoms with van der Waals surface area (Å²) in [6, 6.07) is 0. The van der Waals surface area contributed by atoms with Crippen LogP contribution in [0.2, 0.25) is 0 Å². The van der Waals surface area contributed by atoms with Gasteiger partial charge in [0.15, 0.2) is 0 Å². The van der Waals surface area contributed by atoms with E-state index in [1.165, 1.54) is 44.9 Å². The summed E-state index contributed by atoms with van der Waals surface area (Å²) >= 11 is 0. The number of ether oxygens (including phenoxy) is 1. The van der Waals surface area contributed by atoms with Gasteiger partial charge in [-0.1, -0.05) is 157 Å². The number of carbonyl (C=O) groups excluding carboxylic acids is 2. The van der Waals surface area contributed by atoms with Crippen LogP contribution in [0, 0.1) is 0 Å². The standard InChI is InChI=1S/C42H70NO8P/c1-3-5-7-9-11-13-15-16-17-18-19-20-21-22-23-24-25-26-28-30-32-34-41(45)43-36-37-50-52(47,48)51-39-40(44)38-49-42(46)35-33-31-29-27-14-12-10-8-6-4-2/h5,7,11,13,16-17,19-20,22-23,25-26,30,32,40,44H,3-4,6,8-10,12,14-15,18,21,24,27-29,31,33-39H2,1-2H3,(H,43,45)(H,47,48)/b7-5-,13-11-,17-16-,20-19-,23-22-,26-25-,32-30-. The van der Waals surface area contributed by atoms with Crippen molar-refractivity contribution >= 4 is 19.7 Å². The van der Waals surface area contributed by atoms with Crippen LogP contribution in [0.25, 0.3) is 0 Å². The number of hydrogen-bond donors (Lipinski definition) is 3. The van der Waals surface area contributed by atoms with Crippen LogP contribution in [-0.4, -0.2) is 54.3 Å². The minimum absolute atomic E-state index is 0.0207. The molecule has 2 atom stereocenters. The first-order chi connectivity index (χ1) is 25.3. The van der Waals surface area contributed by atoms with Gasteiger partial charge in [0.2, 0.25) is 5.91 Å². The number of amides is 1. The van der Waals surface area contributed by atoms with Gasteiger partial charge in [-0.3, -0.25) is 18.6 Å². The van der Waals surface area contributed by atoms with Gasteiger partial charge in [-0.15, -0.1) is 0 Å². The molecule has 3 N–H and O–H groups in total. The highest BCUT2D eigenvalue weighted by Crippen LogP contribution is 2.42. The molecule has 0 aromatic carbocycles. The van der Waals surface area contributed by atoms with Gasteiger partial charge >= 0.3 is 13.8 Å². The van der Waals surface area contributed by atoms with Crippen molar-refractivity contribution in [1.82, 2.24) is 5.32 Å². The van der Waals surface area contributed by atoms with Crippen molar-refractivity contribution in [1.29, 1.82) is 0 Å². The number of nitrogens with one attached hydrogen (secondary N) is 1. The van der Waals surface area contributed by atoms with E-state index in [-0.39, 0.29) is 38.5 Å². The smallest absolute Gasteiger partial charge is 0.463 e. The maximum atomic E-state index is 12.0. The lowest BCUT2D eigenvalue weighted by atomic mass is 10.1. The molecule has 0 saturated heterocycles. The summed E-state index contributed by atoms with van der Waals surface area (Å²) in [4.78, 5) is 33.7. The van der Waals surface area contributed by atoms with E-state index in [1.807, 2.05) is 12.2 Å². The number of aliphatic hydroxyl groups excluding tert-OH is 1. The van der Waals surface area contributed by atoms with E-state index < -0.39 is 26.5 Å². The molecule has 9 nitrogen and oxygen atoms in total. The number of rotatable bonds is 35. The summed E-state index contributed by atoms with van der Waals surface area (Å²) in [6.07, 6.45) is 46.9. The Balaban J connectivity index is 3.79. The zero-order chi connectivity index (χ0) is 38.2. The van der Waals surface area contributed by atoms with Crippen molar-refractivity contribution in [3.8, 4) is 0 Å². The summed E-state index contributed by atoms with van der Waals surface area (Å²) in [6.45, 7) is 3.26. The number of phosphoric acid groups is 1. The number of hydrogen-bond acceptors (Lipinski definition) is 7. The Morgan fingerprint density at radius 1 is 0.615 bits per heavy atom. The Labute approximate surface area is 315 Å². The summed E-state index contributed by atoms with van der Waals surface area (Å²) in [5, 5.41) is 12.5. The number of carbonyl (C=O) groups is 2. The Morgan fingerprint density at radius 2 is 1.06 bits per heavy atom. The maximum absolute atomic E-state index is 12.0. The molecule has 0 saturated carbocycles. The van der Waals surface area contributed by atoms with Gasteiger partial charge in [-0.25, -0.2) is 4.57 Å². The highest BCUT2D eigenvalue weighted by molar-refractivity contribution is 7.47. The van der Waals surface area contributed by atoms with Gasteiger partial charge in [0, 0.05) is 19.4 Å². The van der Waals surface area contributed by atoms with Crippen LogP contribution in [0.15, 0.2) is 85.1 Å². The number of aliphatic hydroxyl groups is 1. The van der Waals surface area contributed by atoms with Gasteiger partial charge in [-0.2, -0.15) is 0 Å². The minimum atomic E-state index is -4.44. The second-order valence-corrected chi connectivity index (χ2v) is 14.0. The van der Waals surface area contributed by atoms with Crippen LogP contribution in [0.3, 0.4) is 0 Å². The molecule has 0 aromatic rings. The number of unbranched alkanes of at least 4 members (excludes halogenated alkanes) is 9. The molecule has 52 heavy (non-hydrogen) atoms. The molecule has 10 heteroatoms. The lowest BCUT2D eigenvalue weighted by Crippen LogP contribution is -2.26. The van der Waals surface area contributed by atoms with Gasteiger partial charge in [0.1, 0.15) is 12.7 Å². The topological polar surface area (TPSA) is 131 Å². The average Bonchev–Trinajstić information content (AvgIpc) is 3.13.